The van der Waals surface area contributed by atoms with Gasteiger partial charge < -0.3 is 10.1 Å². The Morgan fingerprint density at radius 1 is 1.29 bits per heavy atom. The highest BCUT2D eigenvalue weighted by molar-refractivity contribution is 6.29. The summed E-state index contributed by atoms with van der Waals surface area (Å²) in [5, 5.41) is 3.03. The summed E-state index contributed by atoms with van der Waals surface area (Å²) >= 11 is 5.64. The second kappa shape index (κ2) is 6.54. The molecule has 1 aromatic carbocycles. The molecule has 0 radical (unpaired) electrons. The quantitative estimate of drug-likeness (QED) is 0.939. The Bertz CT molecular complexity index is 642. The third kappa shape index (κ3) is 4.16. The van der Waals surface area contributed by atoms with E-state index >= 15 is 0 Å². The molecule has 0 unspecified atom stereocenters. The highest BCUT2D eigenvalue weighted by atomic mass is 35.5. The molecule has 0 fully saturated rings. The zero-order chi connectivity index (χ0) is 15.4. The van der Waals surface area contributed by atoms with Crippen molar-refractivity contribution in [3.8, 4) is 5.75 Å². The summed E-state index contributed by atoms with van der Waals surface area (Å²) in [6.07, 6.45) is 2.78. The van der Waals surface area contributed by atoms with Crippen molar-refractivity contribution in [1.29, 1.82) is 0 Å². The molecule has 0 saturated carbocycles. The summed E-state index contributed by atoms with van der Waals surface area (Å²) in [4.78, 5) is 19.8. The summed E-state index contributed by atoms with van der Waals surface area (Å²) in [5.41, 5.74) is 1.82. The number of nitrogens with zero attached hydrogens (tertiary/aromatic N) is 2. The van der Waals surface area contributed by atoms with Crippen molar-refractivity contribution in [3.05, 3.63) is 47.0 Å². The first-order chi connectivity index (χ1) is 9.95. The number of halogens is 1. The molecule has 1 heterocycles. The van der Waals surface area contributed by atoms with Gasteiger partial charge in [0.1, 0.15) is 16.6 Å². The summed E-state index contributed by atoms with van der Waals surface area (Å²) in [6.45, 7) is 5.82. The first-order valence-corrected chi connectivity index (χ1v) is 6.89. The van der Waals surface area contributed by atoms with Crippen molar-refractivity contribution in [3.63, 3.8) is 0 Å². The van der Waals surface area contributed by atoms with Gasteiger partial charge in [0, 0.05) is 5.69 Å². The van der Waals surface area contributed by atoms with Crippen molar-refractivity contribution in [2.24, 2.45) is 0 Å². The van der Waals surface area contributed by atoms with E-state index in [2.05, 4.69) is 15.3 Å². The van der Waals surface area contributed by atoms with Crippen molar-refractivity contribution in [2.45, 2.75) is 26.9 Å². The first kappa shape index (κ1) is 15.3. The second-order valence-electron chi connectivity index (χ2n) is 4.82. The third-order valence-electron chi connectivity index (χ3n) is 2.67. The van der Waals surface area contributed by atoms with Gasteiger partial charge >= 0.3 is 0 Å². The molecule has 0 bridgehead atoms. The lowest BCUT2D eigenvalue weighted by Gasteiger charge is -2.13. The van der Waals surface area contributed by atoms with Gasteiger partial charge in [0.05, 0.1) is 18.5 Å². The van der Waals surface area contributed by atoms with E-state index in [1.165, 1.54) is 12.4 Å². The lowest BCUT2D eigenvalue weighted by Crippen LogP contribution is -2.15. The minimum atomic E-state index is -0.334. The first-order valence-electron chi connectivity index (χ1n) is 6.52. The van der Waals surface area contributed by atoms with Crippen LogP contribution < -0.4 is 10.1 Å². The van der Waals surface area contributed by atoms with Crippen LogP contribution in [-0.2, 0) is 0 Å². The summed E-state index contributed by atoms with van der Waals surface area (Å²) in [5.74, 6) is 0.437. The average molecular weight is 306 g/mol. The van der Waals surface area contributed by atoms with E-state index in [-0.39, 0.29) is 22.9 Å². The van der Waals surface area contributed by atoms with Crippen LogP contribution in [0.4, 0.5) is 5.69 Å². The minimum absolute atomic E-state index is 0.106. The average Bonchev–Trinajstić information content (AvgIpc) is 2.42. The standard InChI is InChI=1S/C15H16ClN3O2/c1-9(2)21-11-4-5-12(10(3)6-11)19-15(20)13-7-18-14(16)8-17-13/h4-9H,1-3H3,(H,19,20). The van der Waals surface area contributed by atoms with Crippen LogP contribution in [0.5, 0.6) is 5.75 Å². The fourth-order valence-electron chi connectivity index (χ4n) is 1.74. The van der Waals surface area contributed by atoms with Gasteiger partial charge in [-0.05, 0) is 44.5 Å². The zero-order valence-electron chi connectivity index (χ0n) is 12.1. The molecular formula is C15H16ClN3O2. The van der Waals surface area contributed by atoms with Crippen LogP contribution >= 0.6 is 11.6 Å². The molecule has 6 heteroatoms. The van der Waals surface area contributed by atoms with Crippen molar-refractivity contribution in [1.82, 2.24) is 9.97 Å². The summed E-state index contributed by atoms with van der Waals surface area (Å²) in [6, 6.07) is 5.49. The number of aromatic nitrogens is 2. The summed E-state index contributed by atoms with van der Waals surface area (Å²) < 4.78 is 5.60. The number of carbonyl (C=O) groups excluding carboxylic acids is 1. The van der Waals surface area contributed by atoms with Crippen molar-refractivity contribution >= 4 is 23.2 Å². The van der Waals surface area contributed by atoms with E-state index in [1.807, 2.05) is 32.9 Å². The Hall–Kier alpha value is -2.14. The number of aryl methyl sites for hydroxylation is 1. The van der Waals surface area contributed by atoms with Gasteiger partial charge in [-0.15, -0.1) is 0 Å². The number of rotatable bonds is 4. The molecule has 110 valence electrons. The van der Waals surface area contributed by atoms with E-state index in [0.29, 0.717) is 5.69 Å². The Labute approximate surface area is 128 Å². The van der Waals surface area contributed by atoms with Gasteiger partial charge in [0.2, 0.25) is 0 Å². The fraction of sp³-hybridized carbons (Fsp3) is 0.267. The van der Waals surface area contributed by atoms with Crippen LogP contribution in [-0.4, -0.2) is 22.0 Å². The fourth-order valence-corrected chi connectivity index (χ4v) is 1.84. The third-order valence-corrected chi connectivity index (χ3v) is 2.87. The van der Waals surface area contributed by atoms with Gasteiger partial charge in [0.25, 0.3) is 5.91 Å². The maximum Gasteiger partial charge on any atom is 0.275 e. The SMILES string of the molecule is Cc1cc(OC(C)C)ccc1NC(=O)c1cnc(Cl)cn1. The van der Waals surface area contributed by atoms with E-state index in [9.17, 15) is 4.79 Å². The number of anilines is 1. The highest BCUT2D eigenvalue weighted by Gasteiger charge is 2.10. The molecule has 0 atom stereocenters. The minimum Gasteiger partial charge on any atom is -0.491 e. The second-order valence-corrected chi connectivity index (χ2v) is 5.21. The Kier molecular flexibility index (Phi) is 4.75. The maximum atomic E-state index is 12.1. The predicted octanol–water partition coefficient (Wildman–Crippen LogP) is 3.48. The molecule has 0 aliphatic heterocycles. The number of benzene rings is 1. The topological polar surface area (TPSA) is 64.1 Å². The highest BCUT2D eigenvalue weighted by Crippen LogP contribution is 2.22. The van der Waals surface area contributed by atoms with Crippen molar-refractivity contribution in [2.75, 3.05) is 5.32 Å². The summed E-state index contributed by atoms with van der Waals surface area (Å²) in [7, 11) is 0. The van der Waals surface area contributed by atoms with Crippen LogP contribution in [0, 0.1) is 6.92 Å². The molecule has 0 aliphatic carbocycles. The van der Waals surface area contributed by atoms with Crippen LogP contribution in [0.1, 0.15) is 29.9 Å². The largest absolute Gasteiger partial charge is 0.491 e. The van der Waals surface area contributed by atoms with Gasteiger partial charge in [-0.25, -0.2) is 9.97 Å². The predicted molar refractivity (Wildman–Crippen MR) is 81.9 cm³/mol. The van der Waals surface area contributed by atoms with E-state index in [0.717, 1.165) is 11.3 Å². The van der Waals surface area contributed by atoms with Gasteiger partial charge in [-0.1, -0.05) is 11.6 Å². The van der Waals surface area contributed by atoms with Crippen LogP contribution in [0.3, 0.4) is 0 Å². The number of nitrogens with one attached hydrogen (secondary N) is 1. The van der Waals surface area contributed by atoms with Crippen LogP contribution in [0.25, 0.3) is 0 Å². The van der Waals surface area contributed by atoms with E-state index in [1.54, 1.807) is 6.07 Å². The van der Waals surface area contributed by atoms with Crippen LogP contribution in [0.15, 0.2) is 30.6 Å². The van der Waals surface area contributed by atoms with E-state index in [4.69, 9.17) is 16.3 Å². The Balaban J connectivity index is 2.12. The molecule has 0 spiro atoms. The molecule has 0 saturated heterocycles. The number of hydrogen-bond donors (Lipinski definition) is 1. The smallest absolute Gasteiger partial charge is 0.275 e. The number of carbonyl (C=O) groups is 1. The maximum absolute atomic E-state index is 12.1. The van der Waals surface area contributed by atoms with E-state index < -0.39 is 0 Å². The molecule has 0 aliphatic rings. The van der Waals surface area contributed by atoms with Gasteiger partial charge in [-0.2, -0.15) is 0 Å². The molecule has 2 rings (SSSR count). The molecule has 5 nitrogen and oxygen atoms in total. The molecule has 1 aromatic heterocycles. The lowest BCUT2D eigenvalue weighted by atomic mass is 10.2. The molecule has 1 amide bonds. The Morgan fingerprint density at radius 2 is 2.05 bits per heavy atom. The zero-order valence-corrected chi connectivity index (χ0v) is 12.8. The Morgan fingerprint density at radius 3 is 2.62 bits per heavy atom. The van der Waals surface area contributed by atoms with Crippen molar-refractivity contribution < 1.29 is 9.53 Å². The molecule has 2 aromatic rings. The molecular weight excluding hydrogens is 290 g/mol. The van der Waals surface area contributed by atoms with Gasteiger partial charge in [0.15, 0.2) is 0 Å². The number of hydrogen-bond acceptors (Lipinski definition) is 4. The molecule has 1 N–H and O–H groups in total. The lowest BCUT2D eigenvalue weighted by molar-refractivity contribution is 0.102. The normalized spacial score (nSPS) is 10.5. The number of amides is 1. The molecule has 21 heavy (non-hydrogen) atoms. The van der Waals surface area contributed by atoms with Crippen LogP contribution in [0.2, 0.25) is 5.15 Å². The number of ether oxygens (including phenoxy) is 1. The monoisotopic (exact) mass is 305 g/mol. The van der Waals surface area contributed by atoms with Gasteiger partial charge in [-0.3, -0.25) is 4.79 Å².